The van der Waals surface area contributed by atoms with Crippen molar-refractivity contribution in [3.63, 3.8) is 0 Å². The SMILES string of the molecule is CNC1(C(N)=O)CCC(OCCC(C)C)C1. The van der Waals surface area contributed by atoms with Crippen molar-refractivity contribution < 1.29 is 9.53 Å². The molecule has 1 rings (SSSR count). The summed E-state index contributed by atoms with van der Waals surface area (Å²) in [6.07, 6.45) is 3.66. The minimum atomic E-state index is -0.539. The van der Waals surface area contributed by atoms with Crippen molar-refractivity contribution in [2.45, 2.75) is 51.2 Å². The van der Waals surface area contributed by atoms with Gasteiger partial charge in [-0.05, 0) is 32.2 Å². The molecule has 0 spiro atoms. The summed E-state index contributed by atoms with van der Waals surface area (Å²) in [5.41, 5.74) is 4.89. The molecule has 3 N–H and O–H groups in total. The fourth-order valence-electron chi connectivity index (χ4n) is 2.19. The van der Waals surface area contributed by atoms with Gasteiger partial charge in [0.15, 0.2) is 0 Å². The Morgan fingerprint density at radius 1 is 1.62 bits per heavy atom. The number of nitrogens with one attached hydrogen (secondary N) is 1. The van der Waals surface area contributed by atoms with Gasteiger partial charge in [-0.1, -0.05) is 13.8 Å². The first-order chi connectivity index (χ1) is 7.50. The molecule has 1 amide bonds. The van der Waals surface area contributed by atoms with Crippen LogP contribution >= 0.6 is 0 Å². The van der Waals surface area contributed by atoms with Crippen LogP contribution in [-0.2, 0) is 9.53 Å². The van der Waals surface area contributed by atoms with Crippen LogP contribution in [0.2, 0.25) is 0 Å². The maximum atomic E-state index is 11.4. The minimum absolute atomic E-state index is 0.179. The Morgan fingerprint density at radius 3 is 2.75 bits per heavy atom. The molecular formula is C12H24N2O2. The van der Waals surface area contributed by atoms with Crippen LogP contribution in [0.25, 0.3) is 0 Å². The van der Waals surface area contributed by atoms with E-state index in [4.69, 9.17) is 10.5 Å². The van der Waals surface area contributed by atoms with Crippen LogP contribution in [0.5, 0.6) is 0 Å². The number of hydrogen-bond donors (Lipinski definition) is 2. The summed E-state index contributed by atoms with van der Waals surface area (Å²) in [5.74, 6) is 0.400. The third-order valence-corrected chi connectivity index (χ3v) is 3.47. The van der Waals surface area contributed by atoms with Crippen molar-refractivity contribution in [1.82, 2.24) is 5.32 Å². The van der Waals surface area contributed by atoms with E-state index in [2.05, 4.69) is 19.2 Å². The molecule has 1 aliphatic carbocycles. The number of rotatable bonds is 6. The van der Waals surface area contributed by atoms with Gasteiger partial charge in [-0.25, -0.2) is 0 Å². The van der Waals surface area contributed by atoms with E-state index in [9.17, 15) is 4.79 Å². The molecule has 0 aromatic carbocycles. The van der Waals surface area contributed by atoms with Crippen LogP contribution in [0.15, 0.2) is 0 Å². The van der Waals surface area contributed by atoms with Gasteiger partial charge in [-0.2, -0.15) is 0 Å². The highest BCUT2D eigenvalue weighted by Gasteiger charge is 2.43. The van der Waals surface area contributed by atoms with Gasteiger partial charge >= 0.3 is 0 Å². The number of ether oxygens (including phenoxy) is 1. The zero-order chi connectivity index (χ0) is 12.2. The maximum absolute atomic E-state index is 11.4. The molecule has 0 aromatic rings. The van der Waals surface area contributed by atoms with E-state index in [-0.39, 0.29) is 12.0 Å². The van der Waals surface area contributed by atoms with E-state index >= 15 is 0 Å². The Bertz CT molecular complexity index is 243. The van der Waals surface area contributed by atoms with Gasteiger partial charge in [-0.3, -0.25) is 4.79 Å². The zero-order valence-corrected chi connectivity index (χ0v) is 10.6. The fraction of sp³-hybridized carbons (Fsp3) is 0.917. The minimum Gasteiger partial charge on any atom is -0.378 e. The monoisotopic (exact) mass is 228 g/mol. The Morgan fingerprint density at radius 2 is 2.31 bits per heavy atom. The van der Waals surface area contributed by atoms with Crippen molar-refractivity contribution in [3.05, 3.63) is 0 Å². The predicted octanol–water partition coefficient (Wildman–Crippen LogP) is 1.05. The summed E-state index contributed by atoms with van der Waals surface area (Å²) >= 11 is 0. The van der Waals surface area contributed by atoms with Crippen LogP contribution in [0.1, 0.15) is 39.5 Å². The van der Waals surface area contributed by atoms with E-state index in [1.54, 1.807) is 7.05 Å². The van der Waals surface area contributed by atoms with Gasteiger partial charge in [0.05, 0.1) is 11.6 Å². The largest absolute Gasteiger partial charge is 0.378 e. The Labute approximate surface area is 97.9 Å². The molecular weight excluding hydrogens is 204 g/mol. The van der Waals surface area contributed by atoms with Gasteiger partial charge in [0.2, 0.25) is 5.91 Å². The topological polar surface area (TPSA) is 64.3 Å². The molecule has 1 saturated carbocycles. The molecule has 0 aliphatic heterocycles. The standard InChI is InChI=1S/C12H24N2O2/c1-9(2)5-7-16-10-4-6-12(8-10,14-3)11(13)15/h9-10,14H,4-8H2,1-3H3,(H2,13,15). The summed E-state index contributed by atoms with van der Waals surface area (Å²) in [5, 5.41) is 3.05. The first-order valence-corrected chi connectivity index (χ1v) is 6.10. The third-order valence-electron chi connectivity index (χ3n) is 3.47. The lowest BCUT2D eigenvalue weighted by Gasteiger charge is -2.24. The first-order valence-electron chi connectivity index (χ1n) is 6.10. The van der Waals surface area contributed by atoms with E-state index in [0.29, 0.717) is 12.3 Å². The summed E-state index contributed by atoms with van der Waals surface area (Å²) in [6, 6.07) is 0. The number of hydrogen-bond acceptors (Lipinski definition) is 3. The summed E-state index contributed by atoms with van der Waals surface area (Å²) in [4.78, 5) is 11.4. The van der Waals surface area contributed by atoms with Crippen molar-refractivity contribution >= 4 is 5.91 Å². The van der Waals surface area contributed by atoms with E-state index in [0.717, 1.165) is 25.9 Å². The van der Waals surface area contributed by atoms with Crippen LogP contribution in [0, 0.1) is 5.92 Å². The van der Waals surface area contributed by atoms with Gasteiger partial charge < -0.3 is 15.8 Å². The number of carbonyl (C=O) groups is 1. The van der Waals surface area contributed by atoms with E-state index < -0.39 is 5.54 Å². The molecule has 94 valence electrons. The zero-order valence-electron chi connectivity index (χ0n) is 10.6. The molecule has 16 heavy (non-hydrogen) atoms. The molecule has 4 nitrogen and oxygen atoms in total. The molecule has 0 bridgehead atoms. The second-order valence-corrected chi connectivity index (χ2v) is 5.11. The Balaban J connectivity index is 2.36. The molecule has 2 unspecified atom stereocenters. The van der Waals surface area contributed by atoms with Crippen molar-refractivity contribution in [2.75, 3.05) is 13.7 Å². The smallest absolute Gasteiger partial charge is 0.237 e. The lowest BCUT2D eigenvalue weighted by Crippen LogP contribution is -2.52. The molecule has 0 aromatic heterocycles. The quantitative estimate of drug-likeness (QED) is 0.714. The Hall–Kier alpha value is -0.610. The molecule has 0 saturated heterocycles. The van der Waals surface area contributed by atoms with Crippen LogP contribution in [-0.4, -0.2) is 31.2 Å². The normalized spacial score (nSPS) is 29.9. The third kappa shape index (κ3) is 3.19. The molecule has 1 fully saturated rings. The second-order valence-electron chi connectivity index (χ2n) is 5.11. The number of likely N-dealkylation sites (N-methyl/N-ethyl adjacent to an activating group) is 1. The van der Waals surface area contributed by atoms with E-state index in [1.807, 2.05) is 0 Å². The highest BCUT2D eigenvalue weighted by molar-refractivity contribution is 5.85. The average molecular weight is 228 g/mol. The summed E-state index contributed by atoms with van der Waals surface area (Å²) < 4.78 is 5.77. The maximum Gasteiger partial charge on any atom is 0.237 e. The highest BCUT2D eigenvalue weighted by Crippen LogP contribution is 2.31. The highest BCUT2D eigenvalue weighted by atomic mass is 16.5. The van der Waals surface area contributed by atoms with Gasteiger partial charge in [-0.15, -0.1) is 0 Å². The molecule has 2 atom stereocenters. The van der Waals surface area contributed by atoms with Crippen LogP contribution < -0.4 is 11.1 Å². The van der Waals surface area contributed by atoms with Crippen LogP contribution in [0.4, 0.5) is 0 Å². The van der Waals surface area contributed by atoms with Crippen molar-refractivity contribution in [1.29, 1.82) is 0 Å². The van der Waals surface area contributed by atoms with Gasteiger partial charge in [0.1, 0.15) is 0 Å². The second kappa shape index (κ2) is 5.64. The number of amides is 1. The van der Waals surface area contributed by atoms with Crippen molar-refractivity contribution in [3.8, 4) is 0 Å². The fourth-order valence-corrected chi connectivity index (χ4v) is 2.19. The first kappa shape index (κ1) is 13.5. The van der Waals surface area contributed by atoms with Crippen molar-refractivity contribution in [2.24, 2.45) is 11.7 Å². The lowest BCUT2D eigenvalue weighted by molar-refractivity contribution is -0.124. The predicted molar refractivity (Wildman–Crippen MR) is 64.0 cm³/mol. The molecule has 4 heteroatoms. The van der Waals surface area contributed by atoms with Crippen LogP contribution in [0.3, 0.4) is 0 Å². The lowest BCUT2D eigenvalue weighted by atomic mass is 9.97. The number of nitrogens with two attached hydrogens (primary N) is 1. The van der Waals surface area contributed by atoms with Gasteiger partial charge in [0.25, 0.3) is 0 Å². The molecule has 0 radical (unpaired) electrons. The number of primary amides is 1. The van der Waals surface area contributed by atoms with E-state index in [1.165, 1.54) is 0 Å². The number of carbonyl (C=O) groups excluding carboxylic acids is 1. The Kier molecular flexibility index (Phi) is 4.74. The summed E-state index contributed by atoms with van der Waals surface area (Å²) in [7, 11) is 1.79. The molecule has 1 aliphatic rings. The average Bonchev–Trinajstić information content (AvgIpc) is 2.62. The van der Waals surface area contributed by atoms with Gasteiger partial charge in [0, 0.05) is 13.0 Å². The summed E-state index contributed by atoms with van der Waals surface area (Å²) in [6.45, 7) is 5.14. The molecule has 0 heterocycles.